The molecule has 1 unspecified atom stereocenters. The number of aliphatic hydroxyl groups is 1. The molecule has 0 aliphatic rings. The molecule has 0 radical (unpaired) electrons. The molecular weight excluding hydrogens is 250 g/mol. The van der Waals surface area contributed by atoms with Crippen LogP contribution < -0.4 is 6.15 Å². The summed E-state index contributed by atoms with van der Waals surface area (Å²) in [5.74, 6) is -0.746. The van der Waals surface area contributed by atoms with Crippen molar-refractivity contribution in [1.29, 1.82) is 0 Å². The van der Waals surface area contributed by atoms with Crippen LogP contribution in [0.15, 0.2) is 12.7 Å². The zero-order valence-electron chi connectivity index (χ0n) is 10.4. The van der Waals surface area contributed by atoms with E-state index < -0.39 is 27.4 Å². The third-order valence-corrected chi connectivity index (χ3v) is 3.38. The molecule has 0 heterocycles. The molecule has 0 bridgehead atoms. The average molecular weight is 269 g/mol. The molecule has 102 valence electrons. The van der Waals surface area contributed by atoms with Gasteiger partial charge in [0.05, 0.1) is 7.11 Å². The van der Waals surface area contributed by atoms with Crippen LogP contribution >= 0.6 is 0 Å². The minimum Gasteiger partial charge on any atom is -0.379 e. The summed E-state index contributed by atoms with van der Waals surface area (Å²) in [6, 6.07) is 0. The van der Waals surface area contributed by atoms with Gasteiger partial charge in [-0.2, -0.15) is 8.42 Å². The summed E-state index contributed by atoms with van der Waals surface area (Å²) in [6.07, 6.45) is 0.893. The van der Waals surface area contributed by atoms with E-state index in [1.807, 2.05) is 0 Å². The highest BCUT2D eigenvalue weighted by atomic mass is 32.3. The molecule has 0 saturated heterocycles. The number of carbonyl (C=O) groups excluding carboxylic acids is 1. The van der Waals surface area contributed by atoms with Gasteiger partial charge in [0.2, 0.25) is 0 Å². The molecule has 7 nitrogen and oxygen atoms in total. The predicted octanol–water partition coefficient (Wildman–Crippen LogP) is 0.341. The highest BCUT2D eigenvalue weighted by molar-refractivity contribution is 7.81. The number of rotatable bonds is 6. The number of ketones is 1. The Morgan fingerprint density at radius 1 is 1.35 bits per heavy atom. The number of hydrogen-bond donors (Lipinski definition) is 2. The summed E-state index contributed by atoms with van der Waals surface area (Å²) in [6.45, 7) is 6.86. The van der Waals surface area contributed by atoms with Crippen LogP contribution in [-0.2, 0) is 23.6 Å². The Hall–Kier alpha value is -0.800. The maximum absolute atomic E-state index is 11.4. The summed E-state index contributed by atoms with van der Waals surface area (Å²) in [5, 5.41) is 9.90. The van der Waals surface area contributed by atoms with E-state index in [2.05, 4.69) is 14.9 Å². The molecule has 17 heavy (non-hydrogen) atoms. The van der Waals surface area contributed by atoms with Gasteiger partial charge < -0.3 is 11.3 Å². The summed E-state index contributed by atoms with van der Waals surface area (Å²) < 4.78 is 30.8. The van der Waals surface area contributed by atoms with E-state index in [4.69, 9.17) is 0 Å². The minimum atomic E-state index is -4.25. The second kappa shape index (κ2) is 5.69. The third kappa shape index (κ3) is 4.17. The van der Waals surface area contributed by atoms with Gasteiger partial charge in [0, 0.05) is 0 Å². The largest absolute Gasteiger partial charge is 0.400 e. The Morgan fingerprint density at radius 3 is 2.06 bits per heavy atom. The van der Waals surface area contributed by atoms with Crippen molar-refractivity contribution in [1.82, 2.24) is 6.15 Å². The molecule has 0 aromatic carbocycles. The van der Waals surface area contributed by atoms with Gasteiger partial charge in [-0.15, -0.1) is 0 Å². The van der Waals surface area contributed by atoms with Gasteiger partial charge in [0.1, 0.15) is 5.60 Å². The zero-order valence-corrected chi connectivity index (χ0v) is 11.2. The molecule has 0 aliphatic carbocycles. The van der Waals surface area contributed by atoms with E-state index in [0.29, 0.717) is 0 Å². The van der Waals surface area contributed by atoms with Crippen molar-refractivity contribution < 1.29 is 26.7 Å². The second-order valence-electron chi connectivity index (χ2n) is 3.81. The van der Waals surface area contributed by atoms with Crippen LogP contribution in [0.3, 0.4) is 0 Å². The lowest BCUT2D eigenvalue weighted by molar-refractivity contribution is -0.151. The number of carbonyl (C=O) groups is 1. The molecular formula is C9H19NO6S. The van der Waals surface area contributed by atoms with Crippen molar-refractivity contribution in [2.24, 2.45) is 0 Å². The Morgan fingerprint density at radius 2 is 1.76 bits per heavy atom. The molecule has 0 amide bonds. The lowest BCUT2D eigenvalue weighted by Crippen LogP contribution is -2.55. The molecule has 1 atom stereocenters. The van der Waals surface area contributed by atoms with E-state index in [-0.39, 0.29) is 6.15 Å². The first-order chi connectivity index (χ1) is 7.00. The van der Waals surface area contributed by atoms with Crippen LogP contribution in [0, 0.1) is 0 Å². The van der Waals surface area contributed by atoms with Crippen molar-refractivity contribution in [2.45, 2.75) is 32.0 Å². The lowest BCUT2D eigenvalue weighted by atomic mass is 9.84. The quantitative estimate of drug-likeness (QED) is 0.666. The van der Waals surface area contributed by atoms with Crippen LogP contribution in [0.5, 0.6) is 0 Å². The summed E-state index contributed by atoms with van der Waals surface area (Å²) in [4.78, 5) is 11.4. The second-order valence-corrected chi connectivity index (χ2v) is 5.13. The highest BCUT2D eigenvalue weighted by Gasteiger charge is 2.48. The number of hydrogen-bond acceptors (Lipinski definition) is 7. The van der Waals surface area contributed by atoms with Gasteiger partial charge in [0.25, 0.3) is 0 Å². The van der Waals surface area contributed by atoms with Crippen molar-refractivity contribution in [3.05, 3.63) is 12.7 Å². The van der Waals surface area contributed by atoms with E-state index in [0.717, 1.165) is 20.1 Å². The molecule has 0 fully saturated rings. The Labute approximate surface area is 101 Å². The van der Waals surface area contributed by atoms with Gasteiger partial charge >= 0.3 is 10.4 Å². The standard InChI is InChI=1S/C9H16O6S.H3N/c1-6-7(10)9(4,11)8(2,3)15-16(12,13)14-5;/h6,11H,1H2,2-5H3;1H3. The highest BCUT2D eigenvalue weighted by Crippen LogP contribution is 2.29. The molecule has 0 spiro atoms. The summed E-state index contributed by atoms with van der Waals surface area (Å²) >= 11 is 0. The first-order valence-electron chi connectivity index (χ1n) is 4.40. The van der Waals surface area contributed by atoms with Crippen LogP contribution in [0.1, 0.15) is 20.8 Å². The monoisotopic (exact) mass is 269 g/mol. The average Bonchev–Trinajstić information content (AvgIpc) is 2.14. The molecule has 0 saturated carbocycles. The van der Waals surface area contributed by atoms with E-state index in [1.165, 1.54) is 13.8 Å². The molecule has 4 N–H and O–H groups in total. The van der Waals surface area contributed by atoms with Crippen molar-refractivity contribution >= 4 is 16.2 Å². The maximum Gasteiger partial charge on any atom is 0.400 e. The first kappa shape index (κ1) is 18.6. The van der Waals surface area contributed by atoms with Crippen LogP contribution in [-0.4, -0.2) is 37.6 Å². The fraction of sp³-hybridized carbons (Fsp3) is 0.667. The fourth-order valence-electron chi connectivity index (χ4n) is 0.866. The van der Waals surface area contributed by atoms with Gasteiger partial charge in [-0.25, -0.2) is 4.18 Å². The van der Waals surface area contributed by atoms with Gasteiger partial charge in [-0.05, 0) is 26.8 Å². The van der Waals surface area contributed by atoms with E-state index in [9.17, 15) is 18.3 Å². The Kier molecular flexibility index (Phi) is 6.22. The lowest BCUT2D eigenvalue weighted by Gasteiger charge is -2.36. The Balaban J connectivity index is 0. The first-order valence-corrected chi connectivity index (χ1v) is 5.74. The van der Waals surface area contributed by atoms with E-state index >= 15 is 0 Å². The van der Waals surface area contributed by atoms with Crippen molar-refractivity contribution in [3.63, 3.8) is 0 Å². The Bertz CT molecular complexity index is 384. The molecule has 0 aromatic heterocycles. The minimum absolute atomic E-state index is 0. The van der Waals surface area contributed by atoms with Crippen LogP contribution in [0.2, 0.25) is 0 Å². The van der Waals surface area contributed by atoms with Crippen molar-refractivity contribution in [2.75, 3.05) is 7.11 Å². The van der Waals surface area contributed by atoms with Gasteiger partial charge in [-0.1, -0.05) is 6.58 Å². The van der Waals surface area contributed by atoms with Gasteiger partial charge in [0.15, 0.2) is 11.4 Å². The van der Waals surface area contributed by atoms with Crippen LogP contribution in [0.4, 0.5) is 0 Å². The summed E-state index contributed by atoms with van der Waals surface area (Å²) in [5.41, 5.74) is -3.70. The molecule has 0 aliphatic heterocycles. The SMILES string of the molecule is C=CC(=O)C(C)(O)C(C)(C)OS(=O)(=O)OC.N. The summed E-state index contributed by atoms with van der Waals surface area (Å²) in [7, 11) is -3.34. The maximum atomic E-state index is 11.4. The van der Waals surface area contributed by atoms with Crippen LogP contribution in [0.25, 0.3) is 0 Å². The fourth-order valence-corrected chi connectivity index (χ4v) is 1.61. The molecule has 8 heteroatoms. The smallest absolute Gasteiger partial charge is 0.379 e. The topological polar surface area (TPSA) is 125 Å². The normalized spacial score (nSPS) is 15.6. The third-order valence-electron chi connectivity index (χ3n) is 2.35. The molecule has 0 aromatic rings. The van der Waals surface area contributed by atoms with Crippen molar-refractivity contribution in [3.8, 4) is 0 Å². The van der Waals surface area contributed by atoms with Gasteiger partial charge in [-0.3, -0.25) is 8.98 Å². The molecule has 0 rings (SSSR count). The zero-order chi connectivity index (χ0) is 13.2. The van der Waals surface area contributed by atoms with E-state index in [1.54, 1.807) is 0 Å². The predicted molar refractivity (Wildman–Crippen MR) is 61.9 cm³/mol.